The Kier molecular flexibility index (Phi) is 2.83. The number of rotatable bonds is 3. The van der Waals surface area contributed by atoms with E-state index >= 15 is 0 Å². The Bertz CT molecular complexity index is 728. The number of aliphatic carboxylic acids is 1. The number of aromatic amines is 1. The van der Waals surface area contributed by atoms with Crippen molar-refractivity contribution in [1.29, 1.82) is 0 Å². The van der Waals surface area contributed by atoms with Crippen molar-refractivity contribution in [2.24, 2.45) is 0 Å². The minimum Gasteiger partial charge on any atom is -0.480 e. The number of benzene rings is 2. The molecule has 0 fully saturated rings. The lowest BCUT2D eigenvalue weighted by Crippen LogP contribution is -2.34. The maximum atomic E-state index is 11.9. The van der Waals surface area contributed by atoms with Crippen LogP contribution in [0, 0.1) is 0 Å². The van der Waals surface area contributed by atoms with Crippen LogP contribution >= 0.6 is 0 Å². The van der Waals surface area contributed by atoms with Crippen LogP contribution < -0.4 is 0 Å². The van der Waals surface area contributed by atoms with Gasteiger partial charge in [0.2, 0.25) is 0 Å². The molecule has 1 atom stereocenters. The van der Waals surface area contributed by atoms with E-state index in [0.29, 0.717) is 5.69 Å². The van der Waals surface area contributed by atoms with Crippen LogP contribution in [-0.4, -0.2) is 16.1 Å². The van der Waals surface area contributed by atoms with E-state index < -0.39 is 11.4 Å². The molecule has 100 valence electrons. The largest absolute Gasteiger partial charge is 0.480 e. The van der Waals surface area contributed by atoms with Crippen molar-refractivity contribution in [1.82, 2.24) is 4.98 Å². The van der Waals surface area contributed by atoms with Crippen molar-refractivity contribution >= 4 is 16.9 Å². The van der Waals surface area contributed by atoms with Crippen LogP contribution in [0.3, 0.4) is 0 Å². The lowest BCUT2D eigenvalue weighted by Gasteiger charge is -2.24. The Morgan fingerprint density at radius 3 is 2.35 bits per heavy atom. The molecule has 1 heterocycles. The molecule has 3 nitrogen and oxygen atoms in total. The third-order valence-corrected chi connectivity index (χ3v) is 3.85. The van der Waals surface area contributed by atoms with Crippen molar-refractivity contribution in [2.75, 3.05) is 0 Å². The van der Waals surface area contributed by atoms with Gasteiger partial charge < -0.3 is 10.1 Å². The maximum absolute atomic E-state index is 11.9. The number of aromatic nitrogens is 1. The number of para-hydroxylation sites is 1. The van der Waals surface area contributed by atoms with Gasteiger partial charge in [0.25, 0.3) is 0 Å². The topological polar surface area (TPSA) is 53.1 Å². The average Bonchev–Trinajstić information content (AvgIpc) is 2.91. The number of hydrogen-bond acceptors (Lipinski definition) is 1. The van der Waals surface area contributed by atoms with Crippen molar-refractivity contribution in [3.05, 3.63) is 71.9 Å². The molecule has 2 N–H and O–H groups in total. The molecule has 0 bridgehead atoms. The molecule has 3 heteroatoms. The predicted molar refractivity (Wildman–Crippen MR) is 78.8 cm³/mol. The molecule has 0 saturated carbocycles. The van der Waals surface area contributed by atoms with E-state index in [2.05, 4.69) is 4.98 Å². The third-order valence-electron chi connectivity index (χ3n) is 3.85. The number of H-pyrrole nitrogens is 1. The molecule has 0 spiro atoms. The molecule has 2 aromatic carbocycles. The van der Waals surface area contributed by atoms with Crippen LogP contribution in [0.25, 0.3) is 10.9 Å². The Morgan fingerprint density at radius 1 is 1.05 bits per heavy atom. The van der Waals surface area contributed by atoms with Gasteiger partial charge in [0, 0.05) is 11.2 Å². The summed E-state index contributed by atoms with van der Waals surface area (Å²) in [6.45, 7) is 1.73. The van der Waals surface area contributed by atoms with Crippen LogP contribution in [0.2, 0.25) is 0 Å². The summed E-state index contributed by atoms with van der Waals surface area (Å²) < 4.78 is 0. The lowest BCUT2D eigenvalue weighted by molar-refractivity contribution is -0.141. The van der Waals surface area contributed by atoms with Crippen LogP contribution in [0.4, 0.5) is 0 Å². The SMILES string of the molecule is CC(C(=O)O)(c1ccccc1)c1cc2ccccc2[nH]1. The molecule has 0 radical (unpaired) electrons. The molecular weight excluding hydrogens is 250 g/mol. The average molecular weight is 265 g/mol. The van der Waals surface area contributed by atoms with Gasteiger partial charge in [-0.2, -0.15) is 0 Å². The number of carbonyl (C=O) groups is 1. The number of hydrogen-bond donors (Lipinski definition) is 2. The summed E-state index contributed by atoms with van der Waals surface area (Å²) in [5, 5.41) is 10.8. The number of nitrogens with one attached hydrogen (secondary N) is 1. The summed E-state index contributed by atoms with van der Waals surface area (Å²) >= 11 is 0. The molecule has 3 rings (SSSR count). The number of fused-ring (bicyclic) bond motifs is 1. The zero-order valence-electron chi connectivity index (χ0n) is 11.1. The third kappa shape index (κ3) is 1.79. The molecule has 0 aliphatic rings. The summed E-state index contributed by atoms with van der Waals surface area (Å²) in [5.74, 6) is -0.866. The Morgan fingerprint density at radius 2 is 1.70 bits per heavy atom. The fraction of sp³-hybridized carbons (Fsp3) is 0.118. The fourth-order valence-electron chi connectivity index (χ4n) is 2.51. The van der Waals surface area contributed by atoms with Gasteiger partial charge in [0.1, 0.15) is 5.41 Å². The highest BCUT2D eigenvalue weighted by Gasteiger charge is 2.38. The van der Waals surface area contributed by atoms with Gasteiger partial charge in [-0.1, -0.05) is 48.5 Å². The lowest BCUT2D eigenvalue weighted by atomic mass is 9.79. The van der Waals surface area contributed by atoms with Gasteiger partial charge in [0.05, 0.1) is 0 Å². The first-order chi connectivity index (χ1) is 9.62. The highest BCUT2D eigenvalue weighted by molar-refractivity contribution is 5.89. The summed E-state index contributed by atoms with van der Waals surface area (Å²) in [6, 6.07) is 19.0. The Labute approximate surface area is 116 Å². The van der Waals surface area contributed by atoms with E-state index in [4.69, 9.17) is 0 Å². The molecule has 0 saturated heterocycles. The number of carboxylic acids is 1. The highest BCUT2D eigenvalue weighted by atomic mass is 16.4. The molecule has 1 aromatic heterocycles. The van der Waals surface area contributed by atoms with Crippen LogP contribution in [0.15, 0.2) is 60.7 Å². The second-order valence-corrected chi connectivity index (χ2v) is 5.07. The molecular formula is C17H15NO2. The molecule has 1 unspecified atom stereocenters. The zero-order valence-corrected chi connectivity index (χ0v) is 11.1. The highest BCUT2D eigenvalue weighted by Crippen LogP contribution is 2.33. The minimum atomic E-state index is -1.08. The van der Waals surface area contributed by atoms with E-state index in [1.54, 1.807) is 6.92 Å². The summed E-state index contributed by atoms with van der Waals surface area (Å²) in [7, 11) is 0. The molecule has 20 heavy (non-hydrogen) atoms. The monoisotopic (exact) mass is 265 g/mol. The maximum Gasteiger partial charge on any atom is 0.319 e. The van der Waals surface area contributed by atoms with E-state index in [9.17, 15) is 9.90 Å². The Balaban J connectivity index is 2.23. The smallest absolute Gasteiger partial charge is 0.319 e. The van der Waals surface area contributed by atoms with Crippen molar-refractivity contribution in [3.8, 4) is 0 Å². The van der Waals surface area contributed by atoms with Crippen molar-refractivity contribution in [2.45, 2.75) is 12.3 Å². The molecule has 0 aliphatic carbocycles. The molecule has 0 amide bonds. The first kappa shape index (κ1) is 12.5. The summed E-state index contributed by atoms with van der Waals surface area (Å²) in [5.41, 5.74) is 1.32. The first-order valence-electron chi connectivity index (χ1n) is 6.49. The molecule has 0 aliphatic heterocycles. The van der Waals surface area contributed by atoms with Gasteiger partial charge >= 0.3 is 5.97 Å². The van der Waals surface area contributed by atoms with Crippen molar-refractivity contribution < 1.29 is 9.90 Å². The van der Waals surface area contributed by atoms with Gasteiger partial charge in [-0.25, -0.2) is 0 Å². The van der Waals surface area contributed by atoms with E-state index in [0.717, 1.165) is 16.5 Å². The van der Waals surface area contributed by atoms with Crippen LogP contribution in [-0.2, 0) is 10.2 Å². The van der Waals surface area contributed by atoms with Crippen LogP contribution in [0.5, 0.6) is 0 Å². The van der Waals surface area contributed by atoms with E-state index in [1.165, 1.54) is 0 Å². The second-order valence-electron chi connectivity index (χ2n) is 5.07. The normalized spacial score (nSPS) is 14.1. The molecule has 3 aromatic rings. The first-order valence-corrected chi connectivity index (χ1v) is 6.49. The quantitative estimate of drug-likeness (QED) is 0.760. The predicted octanol–water partition coefficient (Wildman–Crippen LogP) is 3.56. The second kappa shape index (κ2) is 4.53. The standard InChI is InChI=1S/C17H15NO2/c1-17(16(19)20,13-8-3-2-4-9-13)15-11-12-7-5-6-10-14(12)18-15/h2-11,18H,1H3,(H,19,20). The summed E-state index contributed by atoms with van der Waals surface area (Å²) in [6.07, 6.45) is 0. The van der Waals surface area contributed by atoms with Gasteiger partial charge in [-0.05, 0) is 30.0 Å². The summed E-state index contributed by atoms with van der Waals surface area (Å²) in [4.78, 5) is 15.1. The number of carboxylic acid groups (broad SMARTS) is 1. The van der Waals surface area contributed by atoms with Crippen LogP contribution in [0.1, 0.15) is 18.2 Å². The zero-order chi connectivity index (χ0) is 14.2. The van der Waals surface area contributed by atoms with E-state index in [-0.39, 0.29) is 0 Å². The van der Waals surface area contributed by atoms with Gasteiger partial charge in [0.15, 0.2) is 0 Å². The minimum absolute atomic E-state index is 0.692. The van der Waals surface area contributed by atoms with E-state index in [1.807, 2.05) is 60.7 Å². The van der Waals surface area contributed by atoms with Crippen molar-refractivity contribution in [3.63, 3.8) is 0 Å². The van der Waals surface area contributed by atoms with Gasteiger partial charge in [-0.15, -0.1) is 0 Å². The Hall–Kier alpha value is -2.55. The van der Waals surface area contributed by atoms with Gasteiger partial charge in [-0.3, -0.25) is 4.79 Å². The fourth-order valence-corrected chi connectivity index (χ4v) is 2.51.